The van der Waals surface area contributed by atoms with Crippen LogP contribution in [-0.4, -0.2) is 46.6 Å². The number of hydrogen-bond acceptors (Lipinski definition) is 7. The van der Waals surface area contributed by atoms with Crippen molar-refractivity contribution in [3.8, 4) is 0 Å². The van der Waals surface area contributed by atoms with Crippen molar-refractivity contribution in [3.05, 3.63) is 58.6 Å². The Labute approximate surface area is 183 Å². The minimum Gasteiger partial charge on any atom is -0.460 e. The zero-order chi connectivity index (χ0) is 23.0. The van der Waals surface area contributed by atoms with E-state index in [1.807, 2.05) is 6.07 Å². The van der Waals surface area contributed by atoms with Crippen molar-refractivity contribution in [3.63, 3.8) is 0 Å². The van der Waals surface area contributed by atoms with Gasteiger partial charge in [0.15, 0.2) is 0 Å². The predicted octanol–water partition coefficient (Wildman–Crippen LogP) is 2.75. The lowest BCUT2D eigenvalue weighted by molar-refractivity contribution is -0.0701. The molecule has 1 aliphatic rings. The normalized spacial score (nSPS) is 22.8. The van der Waals surface area contributed by atoms with Crippen LogP contribution in [0.1, 0.15) is 43.8 Å². The molecule has 2 heterocycles. The lowest BCUT2D eigenvalue weighted by atomic mass is 10.2. The van der Waals surface area contributed by atoms with E-state index in [4.69, 9.17) is 15.2 Å². The number of carbonyl (C=O) groups is 1. The number of benzene rings is 1. The van der Waals surface area contributed by atoms with Crippen molar-refractivity contribution in [1.29, 1.82) is 0 Å². The quantitative estimate of drug-likeness (QED) is 0.537. The van der Waals surface area contributed by atoms with E-state index in [9.17, 15) is 14.7 Å². The highest BCUT2D eigenvalue weighted by Crippen LogP contribution is 2.44. The Bertz CT molecular complexity index is 987. The van der Waals surface area contributed by atoms with Gasteiger partial charge in [-0.2, -0.15) is 4.98 Å². The fourth-order valence-electron chi connectivity index (χ4n) is 3.58. The van der Waals surface area contributed by atoms with E-state index in [2.05, 4.69) is 38.8 Å². The summed E-state index contributed by atoms with van der Waals surface area (Å²) in [5.41, 5.74) is 4.84. The highest BCUT2D eigenvalue weighted by atomic mass is 28.3. The van der Waals surface area contributed by atoms with Crippen molar-refractivity contribution in [2.75, 3.05) is 5.73 Å². The molecule has 0 bridgehead atoms. The van der Waals surface area contributed by atoms with E-state index in [1.165, 1.54) is 16.8 Å². The second-order valence-corrected chi connectivity index (χ2v) is 15.1. The Balaban J connectivity index is 1.93. The third-order valence-electron chi connectivity index (χ3n) is 6.48. The molecule has 0 saturated carbocycles. The number of nitrogens with two attached hydrogens (primary N) is 1. The maximum Gasteiger partial charge on any atom is 0.351 e. The molecule has 0 spiro atoms. The summed E-state index contributed by atoms with van der Waals surface area (Å²) in [5, 5.41) is 10.8. The highest BCUT2D eigenvalue weighted by molar-refractivity contribution is 6.81. The summed E-state index contributed by atoms with van der Waals surface area (Å²) in [7, 11) is -2.34. The van der Waals surface area contributed by atoms with Crippen molar-refractivity contribution >= 4 is 19.9 Å². The van der Waals surface area contributed by atoms with Gasteiger partial charge in [-0.05, 0) is 23.2 Å². The van der Waals surface area contributed by atoms with Crippen LogP contribution in [0.5, 0.6) is 0 Å². The fourth-order valence-corrected chi connectivity index (χ4v) is 5.95. The Morgan fingerprint density at radius 3 is 2.52 bits per heavy atom. The van der Waals surface area contributed by atoms with Gasteiger partial charge in [0, 0.05) is 12.6 Å². The molecule has 1 fully saturated rings. The Hall–Kier alpha value is -2.49. The molecule has 3 N–H and O–H groups in total. The van der Waals surface area contributed by atoms with E-state index in [0.717, 1.165) is 0 Å². The minimum absolute atomic E-state index is 0.118. The molecule has 1 aromatic carbocycles. The fraction of sp³-hybridized carbons (Fsp3) is 0.500. The topological polar surface area (TPSA) is 117 Å². The molecule has 1 saturated heterocycles. The van der Waals surface area contributed by atoms with Crippen molar-refractivity contribution in [1.82, 2.24) is 9.55 Å². The SMILES string of the molecule is CC(C)(C)[Si](C)(C)C(OC(=O)c1ccccc1)[C@H]1O[C@@H](n2ccc(N)nc2=O)C[C@@H]1O. The van der Waals surface area contributed by atoms with Crippen LogP contribution in [-0.2, 0) is 9.47 Å². The first-order valence-corrected chi connectivity index (χ1v) is 13.4. The standard InChI is InChI=1S/C22H31N3O5Si/c1-22(2,3)31(4,5)20(30-19(27)14-9-7-6-8-10-14)18-15(26)13-17(29-18)25-12-11-16(23)24-21(25)28/h6-12,15,17-18,20,26H,13H2,1-5H3,(H2,23,24,28)/t15-,17+,18-,20?/m0/s1. The maximum atomic E-state index is 12.9. The Morgan fingerprint density at radius 2 is 1.94 bits per heavy atom. The van der Waals surface area contributed by atoms with Gasteiger partial charge in [0.1, 0.15) is 32.0 Å². The van der Waals surface area contributed by atoms with Gasteiger partial charge in [0.25, 0.3) is 0 Å². The van der Waals surface area contributed by atoms with Crippen LogP contribution >= 0.6 is 0 Å². The summed E-state index contributed by atoms with van der Waals surface area (Å²) in [5.74, 6) is -0.340. The molecule has 8 nitrogen and oxygen atoms in total. The van der Waals surface area contributed by atoms with E-state index < -0.39 is 43.9 Å². The third kappa shape index (κ3) is 4.73. The number of esters is 1. The van der Waals surface area contributed by atoms with Crippen LogP contribution in [0.2, 0.25) is 18.1 Å². The predicted molar refractivity (Wildman–Crippen MR) is 120 cm³/mol. The largest absolute Gasteiger partial charge is 0.460 e. The Kier molecular flexibility index (Phi) is 6.40. The van der Waals surface area contributed by atoms with Crippen LogP contribution in [0, 0.1) is 0 Å². The molecule has 9 heteroatoms. The van der Waals surface area contributed by atoms with Crippen molar-refractivity contribution < 1.29 is 19.4 Å². The van der Waals surface area contributed by atoms with Crippen molar-refractivity contribution in [2.24, 2.45) is 0 Å². The van der Waals surface area contributed by atoms with Crippen LogP contribution in [0.3, 0.4) is 0 Å². The average Bonchev–Trinajstić information content (AvgIpc) is 3.06. The zero-order valence-electron chi connectivity index (χ0n) is 18.6. The highest BCUT2D eigenvalue weighted by Gasteiger charge is 2.53. The van der Waals surface area contributed by atoms with E-state index in [0.29, 0.717) is 5.56 Å². The van der Waals surface area contributed by atoms with Crippen LogP contribution in [0.25, 0.3) is 0 Å². The van der Waals surface area contributed by atoms with Gasteiger partial charge >= 0.3 is 11.7 Å². The smallest absolute Gasteiger partial charge is 0.351 e. The van der Waals surface area contributed by atoms with Gasteiger partial charge in [-0.25, -0.2) is 9.59 Å². The van der Waals surface area contributed by atoms with Crippen LogP contribution < -0.4 is 11.4 Å². The Morgan fingerprint density at radius 1 is 1.29 bits per heavy atom. The molecule has 4 atom stereocenters. The molecule has 0 aliphatic carbocycles. The number of anilines is 1. The summed E-state index contributed by atoms with van der Waals surface area (Å²) in [4.78, 5) is 28.9. The van der Waals surface area contributed by atoms with E-state index in [-0.39, 0.29) is 17.3 Å². The summed E-state index contributed by atoms with van der Waals surface area (Å²) < 4.78 is 13.5. The average molecular weight is 446 g/mol. The first-order valence-electron chi connectivity index (χ1n) is 10.4. The van der Waals surface area contributed by atoms with Crippen LogP contribution in [0.15, 0.2) is 47.4 Å². The first-order chi connectivity index (χ1) is 14.4. The number of aliphatic hydroxyl groups excluding tert-OH is 1. The molecular formula is C22H31N3O5Si. The van der Waals surface area contributed by atoms with Gasteiger partial charge in [-0.1, -0.05) is 52.1 Å². The second-order valence-electron chi connectivity index (χ2n) is 9.56. The van der Waals surface area contributed by atoms with Crippen LogP contribution in [0.4, 0.5) is 5.82 Å². The molecule has 1 aliphatic heterocycles. The molecule has 1 unspecified atom stereocenters. The van der Waals surface area contributed by atoms with Gasteiger partial charge < -0.3 is 20.3 Å². The van der Waals surface area contributed by atoms with Crippen molar-refractivity contribution in [2.45, 2.75) is 69.5 Å². The summed E-state index contributed by atoms with van der Waals surface area (Å²) in [6, 6.07) is 10.3. The molecule has 3 rings (SSSR count). The number of aromatic nitrogens is 2. The summed E-state index contributed by atoms with van der Waals surface area (Å²) in [6.45, 7) is 10.6. The van der Waals surface area contributed by atoms with Gasteiger partial charge in [0.05, 0.1) is 11.7 Å². The molecule has 31 heavy (non-hydrogen) atoms. The number of carbonyl (C=O) groups excluding carboxylic acids is 1. The number of aliphatic hydroxyl groups is 1. The molecule has 1 aromatic heterocycles. The number of rotatable bonds is 5. The second kappa shape index (κ2) is 8.56. The number of ether oxygens (including phenoxy) is 2. The molecule has 168 valence electrons. The van der Waals surface area contributed by atoms with Gasteiger partial charge in [-0.3, -0.25) is 4.57 Å². The monoisotopic (exact) mass is 445 g/mol. The number of nitrogens with zero attached hydrogens (tertiary/aromatic N) is 2. The summed E-state index contributed by atoms with van der Waals surface area (Å²) in [6.07, 6.45) is -0.699. The lowest BCUT2D eigenvalue weighted by Crippen LogP contribution is -2.58. The lowest BCUT2D eigenvalue weighted by Gasteiger charge is -2.44. The number of nitrogen functional groups attached to an aromatic ring is 1. The maximum absolute atomic E-state index is 12.9. The summed E-state index contributed by atoms with van der Waals surface area (Å²) >= 11 is 0. The molecule has 0 radical (unpaired) electrons. The van der Waals surface area contributed by atoms with Gasteiger partial charge in [0.2, 0.25) is 0 Å². The number of hydrogen-bond donors (Lipinski definition) is 2. The van der Waals surface area contributed by atoms with Gasteiger partial charge in [-0.15, -0.1) is 0 Å². The van der Waals surface area contributed by atoms with E-state index >= 15 is 0 Å². The third-order valence-corrected chi connectivity index (χ3v) is 12.2. The van der Waals surface area contributed by atoms with E-state index in [1.54, 1.807) is 24.3 Å². The molecular weight excluding hydrogens is 414 g/mol. The minimum atomic E-state index is -2.34. The first kappa shape index (κ1) is 23.2. The molecule has 0 amide bonds. The zero-order valence-corrected chi connectivity index (χ0v) is 19.6. The molecule has 2 aromatic rings.